The molecule has 1 heterocycles. The van der Waals surface area contributed by atoms with E-state index in [4.69, 9.17) is 9.47 Å². The summed E-state index contributed by atoms with van der Waals surface area (Å²) in [6.07, 6.45) is 1.55. The van der Waals surface area contributed by atoms with E-state index in [0.29, 0.717) is 23.0 Å². The molecule has 0 atom stereocenters. The van der Waals surface area contributed by atoms with E-state index >= 15 is 0 Å². The van der Waals surface area contributed by atoms with Gasteiger partial charge in [-0.05, 0) is 58.7 Å². The van der Waals surface area contributed by atoms with Gasteiger partial charge in [0.25, 0.3) is 5.91 Å². The number of amides is 1. The van der Waals surface area contributed by atoms with Crippen molar-refractivity contribution in [2.75, 3.05) is 13.7 Å². The van der Waals surface area contributed by atoms with E-state index in [0.717, 1.165) is 9.35 Å². The topological polar surface area (TPSA) is 59.9 Å². The van der Waals surface area contributed by atoms with Crippen LogP contribution in [0.5, 0.6) is 11.5 Å². The molecule has 0 saturated carbocycles. The number of methoxy groups -OCH3 is 1. The zero-order valence-corrected chi connectivity index (χ0v) is 14.5. The summed E-state index contributed by atoms with van der Waals surface area (Å²) >= 11 is 4.66. The predicted octanol–water partition coefficient (Wildman–Crippen LogP) is 3.68. The Bertz CT molecular complexity index is 685. The van der Waals surface area contributed by atoms with Crippen molar-refractivity contribution in [2.45, 2.75) is 6.92 Å². The molecule has 5 nitrogen and oxygen atoms in total. The number of rotatable bonds is 6. The van der Waals surface area contributed by atoms with Gasteiger partial charge in [-0.25, -0.2) is 5.43 Å². The lowest BCUT2D eigenvalue weighted by molar-refractivity contribution is 0.0959. The van der Waals surface area contributed by atoms with Crippen LogP contribution in [0.25, 0.3) is 0 Å². The van der Waals surface area contributed by atoms with Crippen LogP contribution < -0.4 is 14.9 Å². The lowest BCUT2D eigenvalue weighted by Crippen LogP contribution is -2.16. The van der Waals surface area contributed by atoms with Crippen molar-refractivity contribution >= 4 is 39.4 Å². The molecule has 0 aliphatic heterocycles. The number of benzene rings is 1. The smallest absolute Gasteiger partial charge is 0.281 e. The first kappa shape index (κ1) is 16.5. The minimum absolute atomic E-state index is 0.246. The Balaban J connectivity index is 2.02. The van der Waals surface area contributed by atoms with Gasteiger partial charge in [0.2, 0.25) is 0 Å². The van der Waals surface area contributed by atoms with Crippen LogP contribution >= 0.6 is 27.3 Å². The number of hydrazone groups is 1. The Morgan fingerprint density at radius 1 is 1.36 bits per heavy atom. The van der Waals surface area contributed by atoms with Gasteiger partial charge in [0.15, 0.2) is 11.5 Å². The molecule has 2 rings (SSSR count). The van der Waals surface area contributed by atoms with Crippen LogP contribution in [0.4, 0.5) is 0 Å². The molecule has 0 spiro atoms. The average molecular weight is 383 g/mol. The van der Waals surface area contributed by atoms with Crippen LogP contribution in [0.3, 0.4) is 0 Å². The number of thiophene rings is 1. The van der Waals surface area contributed by atoms with E-state index in [9.17, 15) is 4.79 Å². The van der Waals surface area contributed by atoms with E-state index < -0.39 is 0 Å². The fraction of sp³-hybridized carbons (Fsp3) is 0.200. The summed E-state index contributed by atoms with van der Waals surface area (Å²) in [7, 11) is 1.58. The van der Waals surface area contributed by atoms with Gasteiger partial charge in [-0.2, -0.15) is 5.10 Å². The third-order valence-electron chi connectivity index (χ3n) is 2.66. The van der Waals surface area contributed by atoms with Crippen molar-refractivity contribution < 1.29 is 14.3 Å². The second-order valence-electron chi connectivity index (χ2n) is 4.15. The highest BCUT2D eigenvalue weighted by Crippen LogP contribution is 2.27. The van der Waals surface area contributed by atoms with Gasteiger partial charge in [-0.15, -0.1) is 11.3 Å². The van der Waals surface area contributed by atoms with Crippen molar-refractivity contribution in [1.82, 2.24) is 5.43 Å². The number of ether oxygens (including phenoxy) is 2. The van der Waals surface area contributed by atoms with Crippen molar-refractivity contribution in [3.63, 3.8) is 0 Å². The molecular weight excluding hydrogens is 368 g/mol. The molecule has 0 fully saturated rings. The Morgan fingerprint density at radius 3 is 2.82 bits per heavy atom. The van der Waals surface area contributed by atoms with Crippen molar-refractivity contribution in [1.29, 1.82) is 0 Å². The molecule has 1 aromatic carbocycles. The highest BCUT2D eigenvalue weighted by atomic mass is 79.9. The molecule has 116 valence electrons. The van der Waals surface area contributed by atoms with Crippen molar-refractivity contribution in [3.8, 4) is 11.5 Å². The highest BCUT2D eigenvalue weighted by molar-refractivity contribution is 9.11. The molecule has 1 amide bonds. The molecule has 0 aliphatic rings. The van der Waals surface area contributed by atoms with Gasteiger partial charge in [-0.1, -0.05) is 0 Å². The van der Waals surface area contributed by atoms with E-state index in [1.165, 1.54) is 11.3 Å². The Hall–Kier alpha value is -1.86. The van der Waals surface area contributed by atoms with Gasteiger partial charge in [0.05, 0.1) is 28.6 Å². The molecule has 0 bridgehead atoms. The summed E-state index contributed by atoms with van der Waals surface area (Å²) in [5.74, 6) is 1.05. The van der Waals surface area contributed by atoms with E-state index in [1.54, 1.807) is 25.5 Å². The van der Waals surface area contributed by atoms with Crippen LogP contribution in [0.2, 0.25) is 0 Å². The summed E-state index contributed by atoms with van der Waals surface area (Å²) in [6, 6.07) is 9.00. The van der Waals surface area contributed by atoms with Gasteiger partial charge >= 0.3 is 0 Å². The van der Waals surface area contributed by atoms with Crippen molar-refractivity contribution in [2.24, 2.45) is 5.10 Å². The van der Waals surface area contributed by atoms with E-state index in [-0.39, 0.29) is 5.91 Å². The molecule has 0 radical (unpaired) electrons. The Morgan fingerprint density at radius 2 is 2.18 bits per heavy atom. The predicted molar refractivity (Wildman–Crippen MR) is 91.2 cm³/mol. The molecule has 7 heteroatoms. The molecule has 0 saturated heterocycles. The lowest BCUT2D eigenvalue weighted by Gasteiger charge is -2.09. The van der Waals surface area contributed by atoms with Gasteiger partial charge in [0, 0.05) is 0 Å². The number of hydrogen-bond acceptors (Lipinski definition) is 5. The largest absolute Gasteiger partial charge is 0.493 e. The Labute approximate surface area is 141 Å². The number of nitrogens with zero attached hydrogens (tertiary/aromatic N) is 1. The monoisotopic (exact) mass is 382 g/mol. The fourth-order valence-corrected chi connectivity index (χ4v) is 2.97. The summed E-state index contributed by atoms with van der Waals surface area (Å²) < 4.78 is 11.6. The highest BCUT2D eigenvalue weighted by Gasteiger charge is 2.07. The first-order valence-corrected chi connectivity index (χ1v) is 8.14. The number of carbonyl (C=O) groups is 1. The van der Waals surface area contributed by atoms with Crippen LogP contribution in [-0.2, 0) is 0 Å². The van der Waals surface area contributed by atoms with Gasteiger partial charge in [0.1, 0.15) is 0 Å². The second kappa shape index (κ2) is 7.95. The third-order valence-corrected chi connectivity index (χ3v) is 4.29. The standard InChI is InChI=1S/C15H15BrN2O3S/c1-3-21-11-5-4-10(8-12(11)20-2)9-17-18-15(19)13-6-7-14(16)22-13/h4-9H,3H2,1-2H3,(H,18,19). The average Bonchev–Trinajstić information content (AvgIpc) is 2.95. The summed E-state index contributed by atoms with van der Waals surface area (Å²) in [6.45, 7) is 2.48. The first-order chi connectivity index (χ1) is 10.6. The van der Waals surface area contributed by atoms with Crippen LogP contribution in [0, 0.1) is 0 Å². The summed E-state index contributed by atoms with van der Waals surface area (Å²) in [4.78, 5) is 12.4. The molecule has 0 aliphatic carbocycles. The van der Waals surface area contributed by atoms with Crippen LogP contribution in [0.15, 0.2) is 39.2 Å². The SMILES string of the molecule is CCOc1ccc(C=NNC(=O)c2ccc(Br)s2)cc1OC. The van der Waals surface area contributed by atoms with Gasteiger partial charge < -0.3 is 9.47 Å². The molecule has 2 aromatic rings. The summed E-state index contributed by atoms with van der Waals surface area (Å²) in [5.41, 5.74) is 3.29. The molecule has 1 aromatic heterocycles. The number of carbonyl (C=O) groups excluding carboxylic acids is 1. The normalized spacial score (nSPS) is 10.7. The van der Waals surface area contributed by atoms with Crippen LogP contribution in [-0.4, -0.2) is 25.8 Å². The van der Waals surface area contributed by atoms with E-state index in [1.807, 2.05) is 25.1 Å². The maximum absolute atomic E-state index is 11.8. The molecule has 22 heavy (non-hydrogen) atoms. The van der Waals surface area contributed by atoms with E-state index in [2.05, 4.69) is 26.5 Å². The molecule has 1 N–H and O–H groups in total. The maximum atomic E-state index is 11.8. The third kappa shape index (κ3) is 4.32. The first-order valence-electron chi connectivity index (χ1n) is 6.53. The Kier molecular flexibility index (Phi) is 5.97. The maximum Gasteiger partial charge on any atom is 0.281 e. The lowest BCUT2D eigenvalue weighted by atomic mass is 10.2. The second-order valence-corrected chi connectivity index (χ2v) is 6.61. The zero-order valence-electron chi connectivity index (χ0n) is 12.1. The quantitative estimate of drug-likeness (QED) is 0.612. The fourth-order valence-electron chi connectivity index (χ4n) is 1.70. The number of hydrogen-bond donors (Lipinski definition) is 1. The minimum Gasteiger partial charge on any atom is -0.493 e. The number of halogens is 1. The minimum atomic E-state index is -0.246. The number of nitrogens with one attached hydrogen (secondary N) is 1. The zero-order chi connectivity index (χ0) is 15.9. The van der Waals surface area contributed by atoms with Crippen LogP contribution in [0.1, 0.15) is 22.2 Å². The summed E-state index contributed by atoms with van der Waals surface area (Å²) in [5, 5.41) is 3.95. The van der Waals surface area contributed by atoms with Crippen molar-refractivity contribution in [3.05, 3.63) is 44.6 Å². The molecular formula is C15H15BrN2O3S. The molecule has 0 unspecified atom stereocenters. The van der Waals surface area contributed by atoms with Gasteiger partial charge in [-0.3, -0.25) is 4.79 Å².